The molecule has 110 valence electrons. The van der Waals surface area contributed by atoms with Crippen molar-refractivity contribution in [2.75, 3.05) is 32.7 Å². The summed E-state index contributed by atoms with van der Waals surface area (Å²) in [6.07, 6.45) is 0. The molecule has 0 amide bonds. The van der Waals surface area contributed by atoms with Crippen LogP contribution in [0, 0.1) is 0 Å². The summed E-state index contributed by atoms with van der Waals surface area (Å²) in [5.74, 6) is 0.928. The Hall–Kier alpha value is -1.33. The number of anilines is 1. The SMILES string of the molecule is COCCNc1nc2cc(C(C)(C)C)c(OC)cc2s1. The van der Waals surface area contributed by atoms with Crippen LogP contribution >= 0.6 is 11.3 Å². The molecule has 0 saturated carbocycles. The van der Waals surface area contributed by atoms with Gasteiger partial charge in [0.15, 0.2) is 5.13 Å². The van der Waals surface area contributed by atoms with E-state index in [1.807, 2.05) is 0 Å². The highest BCUT2D eigenvalue weighted by Gasteiger charge is 2.20. The lowest BCUT2D eigenvalue weighted by molar-refractivity contribution is 0.211. The summed E-state index contributed by atoms with van der Waals surface area (Å²) in [7, 11) is 3.41. The van der Waals surface area contributed by atoms with Crippen LogP contribution in [0.5, 0.6) is 5.75 Å². The molecular formula is C15H22N2O2S. The van der Waals surface area contributed by atoms with Gasteiger partial charge in [0.2, 0.25) is 0 Å². The molecule has 0 aliphatic carbocycles. The predicted molar refractivity (Wildman–Crippen MR) is 85.2 cm³/mol. The number of aromatic nitrogens is 1. The van der Waals surface area contributed by atoms with Crippen molar-refractivity contribution in [1.82, 2.24) is 4.98 Å². The Balaban J connectivity index is 2.37. The van der Waals surface area contributed by atoms with Crippen LogP contribution in [0.1, 0.15) is 26.3 Å². The van der Waals surface area contributed by atoms with Gasteiger partial charge in [0, 0.05) is 19.2 Å². The minimum Gasteiger partial charge on any atom is -0.496 e. The first-order valence-corrected chi connectivity index (χ1v) is 7.49. The van der Waals surface area contributed by atoms with Gasteiger partial charge in [-0.2, -0.15) is 0 Å². The summed E-state index contributed by atoms with van der Waals surface area (Å²) < 4.78 is 11.7. The molecular weight excluding hydrogens is 272 g/mol. The fourth-order valence-corrected chi connectivity index (χ4v) is 2.95. The second kappa shape index (κ2) is 5.97. The van der Waals surface area contributed by atoms with Gasteiger partial charge in [-0.25, -0.2) is 4.98 Å². The summed E-state index contributed by atoms with van der Waals surface area (Å²) in [5, 5.41) is 4.19. The van der Waals surface area contributed by atoms with Gasteiger partial charge in [0.05, 0.1) is 23.9 Å². The van der Waals surface area contributed by atoms with Crippen molar-refractivity contribution < 1.29 is 9.47 Å². The minimum atomic E-state index is 0.0345. The van der Waals surface area contributed by atoms with Crippen molar-refractivity contribution in [2.24, 2.45) is 0 Å². The quantitative estimate of drug-likeness (QED) is 0.855. The lowest BCUT2D eigenvalue weighted by atomic mass is 9.86. The Kier molecular flexibility index (Phi) is 4.50. The maximum absolute atomic E-state index is 5.53. The first kappa shape index (κ1) is 15.1. The third-order valence-corrected chi connectivity index (χ3v) is 4.08. The molecule has 1 aromatic carbocycles. The predicted octanol–water partition coefficient (Wildman–Crippen LogP) is 3.66. The van der Waals surface area contributed by atoms with Crippen LogP contribution in [0.25, 0.3) is 10.2 Å². The molecule has 1 aromatic heterocycles. The lowest BCUT2D eigenvalue weighted by Crippen LogP contribution is -2.12. The maximum atomic E-state index is 5.53. The number of hydrogen-bond donors (Lipinski definition) is 1. The Morgan fingerprint density at radius 3 is 2.60 bits per heavy atom. The average Bonchev–Trinajstić information content (AvgIpc) is 2.78. The molecule has 20 heavy (non-hydrogen) atoms. The van der Waals surface area contributed by atoms with Gasteiger partial charge >= 0.3 is 0 Å². The Bertz CT molecular complexity index is 587. The van der Waals surface area contributed by atoms with Crippen molar-refractivity contribution in [2.45, 2.75) is 26.2 Å². The number of fused-ring (bicyclic) bond motifs is 1. The third-order valence-electron chi connectivity index (χ3n) is 3.10. The van der Waals surface area contributed by atoms with Gasteiger partial charge in [-0.15, -0.1) is 0 Å². The first-order valence-electron chi connectivity index (χ1n) is 6.67. The van der Waals surface area contributed by atoms with Gasteiger partial charge < -0.3 is 14.8 Å². The highest BCUT2D eigenvalue weighted by Crippen LogP contribution is 2.37. The van der Waals surface area contributed by atoms with Crippen LogP contribution in [0.4, 0.5) is 5.13 Å². The Labute approximate surface area is 124 Å². The summed E-state index contributed by atoms with van der Waals surface area (Å²) in [5.41, 5.74) is 2.23. The first-order chi connectivity index (χ1) is 9.45. The Morgan fingerprint density at radius 2 is 2.00 bits per heavy atom. The van der Waals surface area contributed by atoms with E-state index in [1.54, 1.807) is 25.6 Å². The average molecular weight is 294 g/mol. The topological polar surface area (TPSA) is 43.4 Å². The third kappa shape index (κ3) is 3.22. The smallest absolute Gasteiger partial charge is 0.183 e. The standard InChI is InChI=1S/C15H22N2O2S/c1-15(2,3)10-8-11-13(9-12(10)19-5)20-14(17-11)16-6-7-18-4/h8-9H,6-7H2,1-5H3,(H,16,17). The van der Waals surface area contributed by atoms with Gasteiger partial charge in [-0.1, -0.05) is 32.1 Å². The zero-order valence-corrected chi connectivity index (χ0v) is 13.6. The molecule has 0 aliphatic rings. The molecule has 0 atom stereocenters. The van der Waals surface area contributed by atoms with E-state index in [2.05, 4.69) is 43.2 Å². The van der Waals surface area contributed by atoms with E-state index in [4.69, 9.17) is 9.47 Å². The number of benzene rings is 1. The van der Waals surface area contributed by atoms with E-state index in [0.29, 0.717) is 6.61 Å². The normalized spacial score (nSPS) is 11.8. The molecule has 1 N–H and O–H groups in total. The fraction of sp³-hybridized carbons (Fsp3) is 0.533. The number of methoxy groups -OCH3 is 2. The van der Waals surface area contributed by atoms with Crippen LogP contribution in [0.3, 0.4) is 0 Å². The summed E-state index contributed by atoms with van der Waals surface area (Å²) in [6, 6.07) is 4.21. The second-order valence-corrected chi connectivity index (χ2v) is 6.74. The number of nitrogens with one attached hydrogen (secondary N) is 1. The zero-order valence-electron chi connectivity index (χ0n) is 12.7. The number of hydrogen-bond acceptors (Lipinski definition) is 5. The highest BCUT2D eigenvalue weighted by molar-refractivity contribution is 7.22. The minimum absolute atomic E-state index is 0.0345. The number of ether oxygens (including phenoxy) is 2. The van der Waals surface area contributed by atoms with E-state index < -0.39 is 0 Å². The molecule has 4 nitrogen and oxygen atoms in total. The van der Waals surface area contributed by atoms with Gasteiger partial charge in [0.25, 0.3) is 0 Å². The highest BCUT2D eigenvalue weighted by atomic mass is 32.1. The van der Waals surface area contributed by atoms with Crippen molar-refractivity contribution in [3.8, 4) is 5.75 Å². The molecule has 2 aromatic rings. The Morgan fingerprint density at radius 1 is 1.25 bits per heavy atom. The van der Waals surface area contributed by atoms with Crippen LogP contribution in [-0.4, -0.2) is 32.4 Å². The van der Waals surface area contributed by atoms with E-state index in [1.165, 1.54) is 5.56 Å². The van der Waals surface area contributed by atoms with E-state index in [9.17, 15) is 0 Å². The number of thiazole rings is 1. The second-order valence-electron chi connectivity index (χ2n) is 5.71. The molecule has 0 spiro atoms. The summed E-state index contributed by atoms with van der Waals surface area (Å²) in [6.45, 7) is 7.98. The largest absolute Gasteiger partial charge is 0.496 e. The fourth-order valence-electron chi connectivity index (χ4n) is 2.05. The van der Waals surface area contributed by atoms with E-state index >= 15 is 0 Å². The maximum Gasteiger partial charge on any atom is 0.183 e. The van der Waals surface area contributed by atoms with Crippen LogP contribution in [0.15, 0.2) is 12.1 Å². The molecule has 5 heteroatoms. The van der Waals surface area contributed by atoms with Crippen LogP contribution in [0.2, 0.25) is 0 Å². The molecule has 2 rings (SSSR count). The molecule has 0 unspecified atom stereocenters. The van der Waals surface area contributed by atoms with Gasteiger partial charge in [-0.3, -0.25) is 0 Å². The molecule has 0 saturated heterocycles. The monoisotopic (exact) mass is 294 g/mol. The number of rotatable bonds is 5. The van der Waals surface area contributed by atoms with Gasteiger partial charge in [-0.05, 0) is 17.5 Å². The van der Waals surface area contributed by atoms with E-state index in [-0.39, 0.29) is 5.41 Å². The van der Waals surface area contributed by atoms with Crippen molar-refractivity contribution in [3.63, 3.8) is 0 Å². The zero-order chi connectivity index (χ0) is 14.8. The molecule has 1 heterocycles. The molecule has 0 fully saturated rings. The van der Waals surface area contributed by atoms with E-state index in [0.717, 1.165) is 27.6 Å². The van der Waals surface area contributed by atoms with Crippen molar-refractivity contribution in [3.05, 3.63) is 17.7 Å². The molecule has 0 aliphatic heterocycles. The molecule has 0 radical (unpaired) electrons. The summed E-state index contributed by atoms with van der Waals surface area (Å²) in [4.78, 5) is 4.63. The van der Waals surface area contributed by atoms with Crippen LogP contribution in [-0.2, 0) is 10.2 Å². The lowest BCUT2D eigenvalue weighted by Gasteiger charge is -2.21. The summed E-state index contributed by atoms with van der Waals surface area (Å²) >= 11 is 1.64. The van der Waals surface area contributed by atoms with Gasteiger partial charge in [0.1, 0.15) is 5.75 Å². The molecule has 0 bridgehead atoms. The number of nitrogens with zero attached hydrogens (tertiary/aromatic N) is 1. The van der Waals surface area contributed by atoms with Crippen LogP contribution < -0.4 is 10.1 Å². The van der Waals surface area contributed by atoms with Crippen molar-refractivity contribution >= 4 is 26.7 Å². The van der Waals surface area contributed by atoms with Crippen molar-refractivity contribution in [1.29, 1.82) is 0 Å².